The minimum absolute atomic E-state index is 0.159. The van der Waals surface area contributed by atoms with Gasteiger partial charge in [-0.2, -0.15) is 0 Å². The first-order chi connectivity index (χ1) is 5.52. The van der Waals surface area contributed by atoms with Gasteiger partial charge in [0.2, 0.25) is 0 Å². The molecule has 0 aliphatic heterocycles. The van der Waals surface area contributed by atoms with Gasteiger partial charge in [0.1, 0.15) is 0 Å². The molecule has 0 bridgehead atoms. The quantitative estimate of drug-likeness (QED) is 0.587. The molecule has 3 saturated carbocycles. The summed E-state index contributed by atoms with van der Waals surface area (Å²) in [6.07, 6.45) is 2.69. The van der Waals surface area contributed by atoms with E-state index in [1.54, 1.807) is 0 Å². The van der Waals surface area contributed by atoms with E-state index < -0.39 is 0 Å². The van der Waals surface area contributed by atoms with Crippen molar-refractivity contribution >= 4 is 0 Å². The lowest BCUT2D eigenvalue weighted by Crippen LogP contribution is -2.88. The third-order valence-electron chi connectivity index (χ3n) is 5.29. The van der Waals surface area contributed by atoms with Crippen LogP contribution in [-0.2, 0) is 0 Å². The summed E-state index contributed by atoms with van der Waals surface area (Å²) in [6, 6.07) is 0. The average molecular weight is 163 g/mol. The molecule has 66 valence electrons. The van der Waals surface area contributed by atoms with Crippen LogP contribution in [0, 0.1) is 23.2 Å². The maximum Gasteiger partial charge on any atom is 0.0286 e. The summed E-state index contributed by atoms with van der Waals surface area (Å²) in [6.45, 7) is 8.58. The van der Waals surface area contributed by atoms with Gasteiger partial charge in [-0.05, 0) is 37.5 Å². The van der Waals surface area contributed by atoms with Gasteiger partial charge in [-0.25, -0.2) is 0 Å². The average Bonchev–Trinajstić information content (AvgIpc) is 1.94. The Morgan fingerprint density at radius 3 is 2.50 bits per heavy atom. The lowest BCUT2D eigenvalue weighted by molar-refractivity contribution is -0.297. The van der Waals surface area contributed by atoms with E-state index in [1.165, 1.54) is 18.4 Å². The first-order valence-corrected chi connectivity index (χ1v) is 4.96. The minimum Gasteiger partial charge on any atom is -0.324 e. The van der Waals surface area contributed by atoms with Gasteiger partial charge in [-0.1, -0.05) is 19.1 Å². The van der Waals surface area contributed by atoms with Crippen LogP contribution >= 0.6 is 0 Å². The monoisotopic (exact) mass is 163 g/mol. The zero-order valence-corrected chi connectivity index (χ0v) is 7.93. The lowest BCUT2D eigenvalue weighted by atomic mass is 9.22. The van der Waals surface area contributed by atoms with Crippen LogP contribution in [0.5, 0.6) is 0 Å². The second-order valence-corrected chi connectivity index (χ2v) is 5.36. The summed E-state index contributed by atoms with van der Waals surface area (Å²) < 4.78 is 0. The summed E-state index contributed by atoms with van der Waals surface area (Å²) in [5.74, 6) is 2.75. The largest absolute Gasteiger partial charge is 0.324 e. The van der Waals surface area contributed by atoms with Crippen LogP contribution in [0.2, 0.25) is 0 Å². The van der Waals surface area contributed by atoms with Gasteiger partial charge in [0.05, 0.1) is 0 Å². The van der Waals surface area contributed by atoms with Crippen molar-refractivity contribution in [2.75, 3.05) is 0 Å². The normalized spacial score (nSPS) is 65.4. The van der Waals surface area contributed by atoms with Crippen LogP contribution in [0.4, 0.5) is 0 Å². The smallest absolute Gasteiger partial charge is 0.0286 e. The van der Waals surface area contributed by atoms with E-state index >= 15 is 0 Å². The van der Waals surface area contributed by atoms with Crippen molar-refractivity contribution in [1.82, 2.24) is 0 Å². The van der Waals surface area contributed by atoms with Crippen LogP contribution in [0.3, 0.4) is 0 Å². The lowest BCUT2D eigenvalue weighted by Gasteiger charge is -2.84. The Morgan fingerprint density at radius 1 is 1.58 bits per heavy atom. The number of hydrogen-bond donors (Lipinski definition) is 1. The molecule has 3 fully saturated rings. The molecule has 0 heterocycles. The molecule has 0 saturated heterocycles. The zero-order chi connectivity index (χ0) is 8.72. The van der Waals surface area contributed by atoms with E-state index in [9.17, 15) is 0 Å². The number of hydrogen-bond acceptors (Lipinski definition) is 1. The molecule has 0 amide bonds. The highest BCUT2D eigenvalue weighted by Gasteiger charge is 2.80. The van der Waals surface area contributed by atoms with Crippen molar-refractivity contribution in [1.29, 1.82) is 0 Å². The SMILES string of the molecule is C=C(C)C1(C)C2CC3CC1(N)C32. The van der Waals surface area contributed by atoms with Crippen LogP contribution in [0.1, 0.15) is 26.7 Å². The molecule has 0 aromatic carbocycles. The fourth-order valence-corrected chi connectivity index (χ4v) is 4.27. The highest BCUT2D eigenvalue weighted by molar-refractivity contribution is 5.40. The number of rotatable bonds is 1. The summed E-state index contributed by atoms with van der Waals surface area (Å²) in [5, 5.41) is 0. The van der Waals surface area contributed by atoms with Gasteiger partial charge in [0, 0.05) is 11.0 Å². The first kappa shape index (κ1) is 7.14. The van der Waals surface area contributed by atoms with Crippen LogP contribution < -0.4 is 5.73 Å². The van der Waals surface area contributed by atoms with E-state index in [0.29, 0.717) is 0 Å². The van der Waals surface area contributed by atoms with Crippen molar-refractivity contribution in [2.45, 2.75) is 32.2 Å². The maximum absolute atomic E-state index is 6.39. The topological polar surface area (TPSA) is 26.0 Å². The van der Waals surface area contributed by atoms with Gasteiger partial charge in [-0.3, -0.25) is 0 Å². The molecule has 0 aromatic rings. The van der Waals surface area contributed by atoms with Crippen LogP contribution in [-0.4, -0.2) is 5.54 Å². The molecular formula is C11H17N. The van der Waals surface area contributed by atoms with E-state index in [1.807, 2.05) is 0 Å². The molecule has 12 heavy (non-hydrogen) atoms. The van der Waals surface area contributed by atoms with Crippen molar-refractivity contribution in [3.8, 4) is 0 Å². The molecule has 2 N–H and O–H groups in total. The summed E-state index contributed by atoms with van der Waals surface area (Å²) in [7, 11) is 0. The van der Waals surface area contributed by atoms with Gasteiger partial charge in [-0.15, -0.1) is 0 Å². The second-order valence-electron chi connectivity index (χ2n) is 5.36. The molecule has 0 aromatic heterocycles. The van der Waals surface area contributed by atoms with Crippen molar-refractivity contribution < 1.29 is 0 Å². The molecule has 1 nitrogen and oxygen atoms in total. The third kappa shape index (κ3) is 0.384. The van der Waals surface area contributed by atoms with Crippen LogP contribution in [0.25, 0.3) is 0 Å². The molecule has 3 rings (SSSR count). The summed E-state index contributed by atoms with van der Waals surface area (Å²) in [4.78, 5) is 0. The molecule has 0 spiro atoms. The molecule has 5 atom stereocenters. The zero-order valence-electron chi connectivity index (χ0n) is 7.93. The van der Waals surface area contributed by atoms with E-state index in [2.05, 4.69) is 20.4 Å². The molecule has 0 radical (unpaired) electrons. The Kier molecular flexibility index (Phi) is 0.907. The standard InChI is InChI=1S/C11H17N/c1-6(2)10(3)8-4-7-5-11(10,12)9(7)8/h7-9H,1,4-5,12H2,2-3H3. The minimum atomic E-state index is 0.159. The predicted octanol–water partition coefficient (Wildman–Crippen LogP) is 1.94. The molecule has 5 unspecified atom stereocenters. The maximum atomic E-state index is 6.39. The number of nitrogens with two attached hydrogens (primary N) is 1. The fourth-order valence-electron chi connectivity index (χ4n) is 4.27. The van der Waals surface area contributed by atoms with E-state index in [0.717, 1.165) is 17.8 Å². The van der Waals surface area contributed by atoms with Crippen LogP contribution in [0.15, 0.2) is 12.2 Å². The Balaban J connectivity index is 2.02. The molecule has 1 heteroatoms. The highest BCUT2D eigenvalue weighted by Crippen LogP contribution is 2.80. The van der Waals surface area contributed by atoms with Gasteiger partial charge < -0.3 is 5.73 Å². The molecular weight excluding hydrogens is 146 g/mol. The van der Waals surface area contributed by atoms with Gasteiger partial charge in [0.25, 0.3) is 0 Å². The van der Waals surface area contributed by atoms with Crippen molar-refractivity contribution in [2.24, 2.45) is 28.9 Å². The Hall–Kier alpha value is -0.300. The third-order valence-corrected chi connectivity index (χ3v) is 5.29. The van der Waals surface area contributed by atoms with E-state index in [4.69, 9.17) is 5.73 Å². The Bertz CT molecular complexity index is 283. The Morgan fingerprint density at radius 2 is 2.25 bits per heavy atom. The molecule has 3 aliphatic carbocycles. The summed E-state index contributed by atoms with van der Waals surface area (Å²) in [5.41, 5.74) is 8.14. The summed E-state index contributed by atoms with van der Waals surface area (Å²) >= 11 is 0. The van der Waals surface area contributed by atoms with Gasteiger partial charge >= 0.3 is 0 Å². The van der Waals surface area contributed by atoms with Crippen molar-refractivity contribution in [3.05, 3.63) is 12.2 Å². The first-order valence-electron chi connectivity index (χ1n) is 4.96. The fraction of sp³-hybridized carbons (Fsp3) is 0.818. The van der Waals surface area contributed by atoms with Crippen molar-refractivity contribution in [3.63, 3.8) is 0 Å². The molecule has 3 aliphatic rings. The Labute approximate surface area is 74.0 Å². The predicted molar refractivity (Wildman–Crippen MR) is 49.5 cm³/mol. The second kappa shape index (κ2) is 1.52. The van der Waals surface area contributed by atoms with Gasteiger partial charge in [0.15, 0.2) is 0 Å². The highest BCUT2D eigenvalue weighted by atomic mass is 15.0. The van der Waals surface area contributed by atoms with E-state index in [-0.39, 0.29) is 11.0 Å².